The summed E-state index contributed by atoms with van der Waals surface area (Å²) in [6, 6.07) is 10.9. The number of aryl methyl sites for hydroxylation is 3. The zero-order valence-electron chi connectivity index (χ0n) is 14.8. The molecule has 0 atom stereocenters. The summed E-state index contributed by atoms with van der Waals surface area (Å²) in [6.07, 6.45) is 4.08. The fourth-order valence-corrected chi connectivity index (χ4v) is 4.23. The van der Waals surface area contributed by atoms with Gasteiger partial charge in [0.15, 0.2) is 0 Å². The van der Waals surface area contributed by atoms with Crippen LogP contribution in [-0.4, -0.2) is 17.8 Å². The molecule has 3 heterocycles. The van der Waals surface area contributed by atoms with E-state index in [1.165, 1.54) is 21.2 Å². The number of thiophene rings is 1. The zero-order valence-corrected chi connectivity index (χ0v) is 15.6. The third kappa shape index (κ3) is 2.94. The van der Waals surface area contributed by atoms with E-state index in [-0.39, 0.29) is 0 Å². The van der Waals surface area contributed by atoms with Crippen molar-refractivity contribution in [3.63, 3.8) is 0 Å². The number of ether oxygens (including phenoxy) is 1. The van der Waals surface area contributed by atoms with E-state index in [9.17, 15) is 0 Å². The number of hydrogen-bond acceptors (Lipinski definition) is 3. The lowest BCUT2D eigenvalue weighted by atomic mass is 10.2. The second-order valence-corrected chi connectivity index (χ2v) is 7.52. The second-order valence-electron chi connectivity index (χ2n) is 6.44. The largest absolute Gasteiger partial charge is 0.494 e. The number of methoxy groups -OCH3 is 1. The molecule has 25 heavy (non-hydrogen) atoms. The summed E-state index contributed by atoms with van der Waals surface area (Å²) in [5, 5.41) is 1.26. The van der Waals surface area contributed by atoms with Crippen molar-refractivity contribution in [2.45, 2.75) is 20.8 Å². The lowest BCUT2D eigenvalue weighted by Crippen LogP contribution is -1.88. The van der Waals surface area contributed by atoms with Gasteiger partial charge in [-0.25, -0.2) is 4.99 Å². The highest BCUT2D eigenvalue weighted by Crippen LogP contribution is 2.32. The molecule has 0 saturated carbocycles. The molecule has 2 aromatic heterocycles. The molecule has 1 aliphatic rings. The Morgan fingerprint density at radius 2 is 1.96 bits per heavy atom. The van der Waals surface area contributed by atoms with Crippen LogP contribution in [0.1, 0.15) is 27.4 Å². The van der Waals surface area contributed by atoms with Crippen LogP contribution in [0.15, 0.2) is 52.9 Å². The standard InChI is InChI=1S/C21H20N2OS/c1-12-5-6-15-9-21(25-20(15)7-12)18-11-19(24-4)17(23-18)10-16-13(2)8-14(3)22-16/h5-11,22H,1-4H3/b17-10-. The number of aromatic amines is 1. The van der Waals surface area contributed by atoms with E-state index in [2.05, 4.69) is 62.2 Å². The molecule has 0 spiro atoms. The number of aromatic nitrogens is 1. The summed E-state index contributed by atoms with van der Waals surface area (Å²) in [7, 11) is 1.69. The van der Waals surface area contributed by atoms with Crippen LogP contribution in [0.25, 0.3) is 16.2 Å². The van der Waals surface area contributed by atoms with Gasteiger partial charge >= 0.3 is 0 Å². The minimum absolute atomic E-state index is 0.801. The highest BCUT2D eigenvalue weighted by atomic mass is 32.1. The van der Waals surface area contributed by atoms with Crippen molar-refractivity contribution in [1.29, 1.82) is 0 Å². The van der Waals surface area contributed by atoms with Crippen molar-refractivity contribution in [2.24, 2.45) is 4.99 Å². The summed E-state index contributed by atoms with van der Waals surface area (Å²) < 4.78 is 6.85. The van der Waals surface area contributed by atoms with Gasteiger partial charge in [-0.15, -0.1) is 11.3 Å². The molecular formula is C21H20N2OS. The molecule has 3 nitrogen and oxygen atoms in total. The first kappa shape index (κ1) is 15.9. The number of rotatable bonds is 3. The second kappa shape index (κ2) is 6.05. The Morgan fingerprint density at radius 3 is 2.68 bits per heavy atom. The first-order valence-electron chi connectivity index (χ1n) is 8.27. The van der Waals surface area contributed by atoms with Gasteiger partial charge in [0.25, 0.3) is 0 Å². The average molecular weight is 348 g/mol. The van der Waals surface area contributed by atoms with Crippen molar-refractivity contribution in [3.8, 4) is 0 Å². The highest BCUT2D eigenvalue weighted by Gasteiger charge is 2.18. The molecule has 0 bridgehead atoms. The van der Waals surface area contributed by atoms with Crippen LogP contribution < -0.4 is 0 Å². The summed E-state index contributed by atoms with van der Waals surface area (Å²) >= 11 is 1.77. The number of nitrogens with zero attached hydrogens (tertiary/aromatic N) is 1. The Kier molecular flexibility index (Phi) is 3.85. The Morgan fingerprint density at radius 1 is 1.12 bits per heavy atom. The van der Waals surface area contributed by atoms with Crippen molar-refractivity contribution in [3.05, 3.63) is 75.3 Å². The van der Waals surface area contributed by atoms with Crippen molar-refractivity contribution >= 4 is 33.2 Å². The quantitative estimate of drug-likeness (QED) is 0.664. The van der Waals surface area contributed by atoms with E-state index in [4.69, 9.17) is 9.73 Å². The molecule has 0 amide bonds. The number of benzene rings is 1. The predicted molar refractivity (Wildman–Crippen MR) is 106 cm³/mol. The highest BCUT2D eigenvalue weighted by molar-refractivity contribution is 7.21. The topological polar surface area (TPSA) is 37.4 Å². The average Bonchev–Trinajstić information content (AvgIpc) is 3.24. The van der Waals surface area contributed by atoms with Crippen molar-refractivity contribution in [1.82, 2.24) is 4.98 Å². The maximum atomic E-state index is 5.56. The van der Waals surface area contributed by atoms with Crippen LogP contribution in [0.3, 0.4) is 0 Å². The van der Waals surface area contributed by atoms with Crippen LogP contribution in [0.4, 0.5) is 0 Å². The van der Waals surface area contributed by atoms with Gasteiger partial charge < -0.3 is 9.72 Å². The number of aliphatic imine (C=N–C) groups is 1. The molecule has 126 valence electrons. The smallest absolute Gasteiger partial charge is 0.146 e. The summed E-state index contributed by atoms with van der Waals surface area (Å²) in [6.45, 7) is 6.28. The van der Waals surface area contributed by atoms with E-state index in [1.54, 1.807) is 18.4 Å². The maximum absolute atomic E-state index is 5.56. The van der Waals surface area contributed by atoms with E-state index < -0.39 is 0 Å². The number of allylic oxidation sites excluding steroid dienone is 1. The first-order chi connectivity index (χ1) is 12.0. The SMILES string of the molecule is COC1=CC(c2cc3ccc(C)cc3s2)=N/C1=C\c1[nH]c(C)cc1C. The summed E-state index contributed by atoms with van der Waals surface area (Å²) in [5.74, 6) is 0.801. The molecule has 1 N–H and O–H groups in total. The fraction of sp³-hybridized carbons (Fsp3) is 0.190. The monoisotopic (exact) mass is 348 g/mol. The molecule has 0 fully saturated rings. The van der Waals surface area contributed by atoms with Gasteiger partial charge in [0.05, 0.1) is 17.7 Å². The van der Waals surface area contributed by atoms with Gasteiger partial charge in [0, 0.05) is 22.2 Å². The Labute approximate surface area is 151 Å². The zero-order chi connectivity index (χ0) is 17.6. The minimum atomic E-state index is 0.801. The van der Waals surface area contributed by atoms with Gasteiger partial charge in [-0.1, -0.05) is 12.1 Å². The number of nitrogens with one attached hydrogen (secondary N) is 1. The molecule has 0 aliphatic carbocycles. The molecule has 1 aromatic carbocycles. The Hall–Kier alpha value is -2.59. The van der Waals surface area contributed by atoms with Crippen LogP contribution in [0, 0.1) is 20.8 Å². The van der Waals surface area contributed by atoms with Gasteiger partial charge in [-0.05, 0) is 61.6 Å². The number of hydrogen-bond donors (Lipinski definition) is 1. The normalized spacial score (nSPS) is 15.8. The fourth-order valence-electron chi connectivity index (χ4n) is 3.11. The first-order valence-corrected chi connectivity index (χ1v) is 9.08. The van der Waals surface area contributed by atoms with E-state index in [1.807, 2.05) is 6.08 Å². The lowest BCUT2D eigenvalue weighted by Gasteiger charge is -2.01. The van der Waals surface area contributed by atoms with E-state index in [0.29, 0.717) is 0 Å². The van der Waals surface area contributed by atoms with Crippen LogP contribution in [-0.2, 0) is 4.74 Å². The predicted octanol–water partition coefficient (Wildman–Crippen LogP) is 5.53. The Balaban J connectivity index is 1.77. The molecule has 0 unspecified atom stereocenters. The number of fused-ring (bicyclic) bond motifs is 1. The van der Waals surface area contributed by atoms with Crippen molar-refractivity contribution in [2.75, 3.05) is 7.11 Å². The van der Waals surface area contributed by atoms with Gasteiger partial charge in [0.1, 0.15) is 11.5 Å². The minimum Gasteiger partial charge on any atom is -0.494 e. The van der Waals surface area contributed by atoms with Crippen LogP contribution in [0.5, 0.6) is 0 Å². The van der Waals surface area contributed by atoms with E-state index in [0.717, 1.165) is 33.4 Å². The van der Waals surface area contributed by atoms with Gasteiger partial charge in [-0.3, -0.25) is 0 Å². The van der Waals surface area contributed by atoms with Gasteiger partial charge in [0.2, 0.25) is 0 Å². The Bertz CT molecular complexity index is 1060. The third-order valence-electron chi connectivity index (χ3n) is 4.38. The maximum Gasteiger partial charge on any atom is 0.146 e. The molecule has 3 aromatic rings. The lowest BCUT2D eigenvalue weighted by molar-refractivity contribution is 0.303. The molecular weight excluding hydrogens is 328 g/mol. The van der Waals surface area contributed by atoms with Gasteiger partial charge in [-0.2, -0.15) is 0 Å². The van der Waals surface area contributed by atoms with Crippen LogP contribution >= 0.6 is 11.3 Å². The molecule has 0 saturated heterocycles. The summed E-state index contributed by atoms with van der Waals surface area (Å²) in [5.41, 5.74) is 6.53. The molecule has 0 radical (unpaired) electrons. The van der Waals surface area contributed by atoms with Crippen LogP contribution in [0.2, 0.25) is 0 Å². The molecule has 4 heteroatoms. The third-order valence-corrected chi connectivity index (χ3v) is 5.50. The molecule has 4 rings (SSSR count). The van der Waals surface area contributed by atoms with Crippen molar-refractivity contribution < 1.29 is 4.74 Å². The number of H-pyrrole nitrogens is 1. The summed E-state index contributed by atoms with van der Waals surface area (Å²) in [4.78, 5) is 9.36. The van der Waals surface area contributed by atoms with E-state index >= 15 is 0 Å². The molecule has 1 aliphatic heterocycles.